The molecule has 11 atom stereocenters. The Balaban J connectivity index is 1.21. The van der Waals surface area contributed by atoms with Gasteiger partial charge in [-0.15, -0.1) is 0 Å². The number of piperidine rings is 2. The molecule has 3 heterocycles. The van der Waals surface area contributed by atoms with Crippen molar-refractivity contribution in [1.29, 1.82) is 0 Å². The van der Waals surface area contributed by atoms with Crippen molar-refractivity contribution >= 4 is 11.6 Å². The first-order valence-corrected chi connectivity index (χ1v) is 14.9. The Bertz CT molecular complexity index is 809. The van der Waals surface area contributed by atoms with E-state index in [9.17, 15) is 4.79 Å². The van der Waals surface area contributed by atoms with Crippen LogP contribution < -0.4 is 0 Å². The maximum atomic E-state index is 12.4. The van der Waals surface area contributed by atoms with Crippen LogP contribution >= 0.6 is 0 Å². The van der Waals surface area contributed by atoms with Crippen molar-refractivity contribution in [3.8, 4) is 0 Å². The summed E-state index contributed by atoms with van der Waals surface area (Å²) >= 11 is 0. The molecular formula is C30H49N3O. The van der Waals surface area contributed by atoms with Crippen molar-refractivity contribution < 1.29 is 4.79 Å². The van der Waals surface area contributed by atoms with Crippen LogP contribution in [0.3, 0.4) is 0 Å². The molecule has 6 aliphatic rings. The van der Waals surface area contributed by atoms with E-state index in [1.807, 2.05) is 0 Å². The molecule has 2 saturated heterocycles. The van der Waals surface area contributed by atoms with E-state index in [-0.39, 0.29) is 0 Å². The first-order chi connectivity index (χ1) is 16.4. The highest BCUT2D eigenvalue weighted by Gasteiger charge is 2.49. The van der Waals surface area contributed by atoms with Crippen molar-refractivity contribution in [1.82, 2.24) is 9.80 Å². The van der Waals surface area contributed by atoms with Gasteiger partial charge in [0.1, 0.15) is 0 Å². The number of aliphatic imine (C=N–C) groups is 1. The second-order valence-electron chi connectivity index (χ2n) is 13.8. The molecule has 34 heavy (non-hydrogen) atoms. The van der Waals surface area contributed by atoms with Crippen molar-refractivity contribution in [3.63, 3.8) is 0 Å². The monoisotopic (exact) mass is 467 g/mol. The molecule has 0 aromatic heterocycles. The number of carbonyl (C=O) groups is 1. The van der Waals surface area contributed by atoms with E-state index in [2.05, 4.69) is 30.7 Å². The van der Waals surface area contributed by atoms with Gasteiger partial charge in [0.15, 0.2) is 0 Å². The molecule has 0 N–H and O–H groups in total. The molecule has 2 bridgehead atoms. The maximum Gasteiger partial charge on any atom is 0.219 e. The smallest absolute Gasteiger partial charge is 0.219 e. The van der Waals surface area contributed by atoms with Gasteiger partial charge in [0.2, 0.25) is 5.91 Å². The third-order valence-electron chi connectivity index (χ3n) is 11.5. The fourth-order valence-corrected chi connectivity index (χ4v) is 10.2. The normalized spacial score (nSPS) is 48.9. The number of hydrogen-bond donors (Lipinski definition) is 0. The molecule has 0 aromatic rings. The predicted octanol–water partition coefficient (Wildman–Crippen LogP) is 5.66. The lowest BCUT2D eigenvalue weighted by Gasteiger charge is -2.50. The van der Waals surface area contributed by atoms with Gasteiger partial charge in [-0.1, -0.05) is 13.8 Å². The van der Waals surface area contributed by atoms with Crippen LogP contribution in [0.15, 0.2) is 4.99 Å². The molecule has 6 rings (SSSR count). The van der Waals surface area contributed by atoms with Gasteiger partial charge in [-0.25, -0.2) is 0 Å². The number of likely N-dealkylation sites (tertiary alicyclic amines) is 2. The zero-order chi connectivity index (χ0) is 23.6. The van der Waals surface area contributed by atoms with Gasteiger partial charge in [-0.05, 0) is 119 Å². The van der Waals surface area contributed by atoms with Crippen molar-refractivity contribution in [2.75, 3.05) is 20.1 Å². The lowest BCUT2D eigenvalue weighted by Crippen LogP contribution is -2.53. The lowest BCUT2D eigenvalue weighted by atomic mass is 9.65. The molecule has 3 aliphatic heterocycles. The van der Waals surface area contributed by atoms with Crippen LogP contribution in [0.2, 0.25) is 0 Å². The van der Waals surface area contributed by atoms with Crippen LogP contribution in [0.4, 0.5) is 0 Å². The quantitative estimate of drug-likeness (QED) is 0.526. The van der Waals surface area contributed by atoms with Gasteiger partial charge < -0.3 is 9.80 Å². The van der Waals surface area contributed by atoms with E-state index in [1.165, 1.54) is 77.2 Å². The van der Waals surface area contributed by atoms with E-state index < -0.39 is 0 Å². The Morgan fingerprint density at radius 1 is 0.941 bits per heavy atom. The molecule has 4 nitrogen and oxygen atoms in total. The van der Waals surface area contributed by atoms with E-state index >= 15 is 0 Å². The van der Waals surface area contributed by atoms with Crippen molar-refractivity contribution in [2.45, 2.75) is 110 Å². The minimum absolute atomic E-state index is 0.304. The summed E-state index contributed by atoms with van der Waals surface area (Å²) in [4.78, 5) is 23.0. The minimum Gasteiger partial charge on any atom is -0.340 e. The molecule has 1 unspecified atom stereocenters. The second kappa shape index (κ2) is 9.20. The fraction of sp³-hybridized carbons (Fsp3) is 0.933. The van der Waals surface area contributed by atoms with Crippen LogP contribution in [0, 0.1) is 47.3 Å². The first kappa shape index (κ1) is 23.5. The lowest BCUT2D eigenvalue weighted by molar-refractivity contribution is -0.137. The average molecular weight is 468 g/mol. The molecule has 0 aromatic carbocycles. The van der Waals surface area contributed by atoms with E-state index in [1.54, 1.807) is 12.6 Å². The molecule has 190 valence electrons. The van der Waals surface area contributed by atoms with Crippen LogP contribution in [-0.4, -0.2) is 59.7 Å². The number of carbonyl (C=O) groups excluding carboxylic acids is 1. The van der Waals surface area contributed by atoms with Crippen LogP contribution in [-0.2, 0) is 4.79 Å². The van der Waals surface area contributed by atoms with Crippen molar-refractivity contribution in [3.05, 3.63) is 0 Å². The van der Waals surface area contributed by atoms with Gasteiger partial charge in [-0.2, -0.15) is 0 Å². The summed E-state index contributed by atoms with van der Waals surface area (Å²) in [7, 11) is 2.42. The summed E-state index contributed by atoms with van der Waals surface area (Å²) in [6.45, 7) is 9.02. The van der Waals surface area contributed by atoms with Crippen molar-refractivity contribution in [2.24, 2.45) is 52.3 Å². The molecule has 3 aliphatic carbocycles. The highest BCUT2D eigenvalue weighted by Crippen LogP contribution is 2.51. The molecular weight excluding hydrogens is 418 g/mol. The SMILES string of the molecule is CC(=O)N1CCCC2[C@@H](C[C@@H]3CC[C@H]4C(=N3)C[C@@H]3C[C@@H](C)C[C@H]5[C@@H]3C[C@@H]4CN5C)C[C@H](C)C[C@H]21. The fourth-order valence-electron chi connectivity index (χ4n) is 10.2. The molecule has 0 spiro atoms. The first-order valence-electron chi connectivity index (χ1n) is 14.9. The molecule has 0 radical (unpaired) electrons. The Morgan fingerprint density at radius 2 is 1.74 bits per heavy atom. The van der Waals surface area contributed by atoms with Gasteiger partial charge in [0.05, 0.1) is 6.04 Å². The summed E-state index contributed by atoms with van der Waals surface area (Å²) < 4.78 is 0. The molecule has 1 amide bonds. The highest BCUT2D eigenvalue weighted by molar-refractivity contribution is 5.88. The largest absolute Gasteiger partial charge is 0.340 e. The summed E-state index contributed by atoms with van der Waals surface area (Å²) in [6, 6.07) is 1.87. The third kappa shape index (κ3) is 4.18. The van der Waals surface area contributed by atoms with Crippen LogP contribution in [0.1, 0.15) is 91.4 Å². The predicted molar refractivity (Wildman–Crippen MR) is 139 cm³/mol. The molecule has 4 heteroatoms. The summed E-state index contributed by atoms with van der Waals surface area (Å²) in [5.74, 6) is 6.81. The number of fused-ring (bicyclic) bond motifs is 4. The Labute approximate surface area is 208 Å². The van der Waals surface area contributed by atoms with Gasteiger partial charge in [0, 0.05) is 43.7 Å². The number of hydrogen-bond acceptors (Lipinski definition) is 3. The highest BCUT2D eigenvalue weighted by atomic mass is 16.2. The zero-order valence-electron chi connectivity index (χ0n) is 22.3. The number of rotatable bonds is 2. The Hall–Kier alpha value is -0.900. The maximum absolute atomic E-state index is 12.4. The zero-order valence-corrected chi connectivity index (χ0v) is 22.3. The molecule has 5 fully saturated rings. The van der Waals surface area contributed by atoms with E-state index in [0.29, 0.717) is 23.9 Å². The summed E-state index contributed by atoms with van der Waals surface area (Å²) in [5.41, 5.74) is 1.64. The summed E-state index contributed by atoms with van der Waals surface area (Å²) in [5, 5.41) is 0. The third-order valence-corrected chi connectivity index (χ3v) is 11.5. The number of nitrogens with zero attached hydrogens (tertiary/aromatic N) is 3. The standard InChI is InChI=1S/C30H49N3O/c1-18-11-22-16-28-25(23-15-27(22)29(12-18)32(4)17-23)8-7-24(31-28)14-21-10-19(2)13-30-26(21)6-5-9-33(30)20(3)34/h18-19,21-27,29-30H,5-17H2,1-4H3/t18-,19+,21-,22+,23-,24+,25-,26?,27-,29+,30-/m1/s1. The number of amides is 1. The van der Waals surface area contributed by atoms with Gasteiger partial charge >= 0.3 is 0 Å². The summed E-state index contributed by atoms with van der Waals surface area (Å²) in [6.07, 6.45) is 14.7. The Morgan fingerprint density at radius 3 is 2.56 bits per heavy atom. The van der Waals surface area contributed by atoms with Gasteiger partial charge in [-0.3, -0.25) is 9.79 Å². The topological polar surface area (TPSA) is 35.9 Å². The van der Waals surface area contributed by atoms with Crippen LogP contribution in [0.25, 0.3) is 0 Å². The average Bonchev–Trinajstić information content (AvgIpc) is 2.92. The minimum atomic E-state index is 0.304. The van der Waals surface area contributed by atoms with E-state index in [0.717, 1.165) is 54.0 Å². The second-order valence-corrected chi connectivity index (χ2v) is 13.8. The van der Waals surface area contributed by atoms with Gasteiger partial charge in [0.25, 0.3) is 0 Å². The van der Waals surface area contributed by atoms with E-state index in [4.69, 9.17) is 4.99 Å². The molecule has 3 saturated carbocycles. The Kier molecular flexibility index (Phi) is 6.36. The van der Waals surface area contributed by atoms with Crippen LogP contribution in [0.5, 0.6) is 0 Å².